The fourth-order valence-electron chi connectivity index (χ4n) is 4.06. The molecule has 0 aromatic heterocycles. The molecule has 0 saturated carbocycles. The van der Waals surface area contributed by atoms with Crippen molar-refractivity contribution < 1.29 is 14.3 Å². The summed E-state index contributed by atoms with van der Waals surface area (Å²) in [6, 6.07) is 0.712. The average molecular weight is 339 g/mol. The third-order valence-corrected chi connectivity index (χ3v) is 5.71. The van der Waals surface area contributed by atoms with Gasteiger partial charge in [0.1, 0.15) is 5.60 Å². The summed E-state index contributed by atoms with van der Waals surface area (Å²) in [5.74, 6) is 0.517. The van der Waals surface area contributed by atoms with Crippen LogP contribution in [0.3, 0.4) is 0 Å². The minimum atomic E-state index is -0.311. The van der Waals surface area contributed by atoms with Gasteiger partial charge in [-0.05, 0) is 46.1 Å². The minimum absolute atomic E-state index is 0.170. The number of hydrogen-bond acceptors (Lipinski definition) is 4. The summed E-state index contributed by atoms with van der Waals surface area (Å²) < 4.78 is 12.1. The van der Waals surface area contributed by atoms with Crippen molar-refractivity contribution in [2.24, 2.45) is 5.92 Å². The van der Waals surface area contributed by atoms with E-state index >= 15 is 0 Å². The lowest BCUT2D eigenvalue weighted by molar-refractivity contribution is -0.0537. The molecule has 138 valence electrons. The molecule has 2 amide bonds. The second-order valence-electron chi connectivity index (χ2n) is 8.05. The summed E-state index contributed by atoms with van der Waals surface area (Å²) in [4.78, 5) is 19.1. The molecule has 3 aliphatic rings. The number of carbonyl (C=O) groups is 1. The lowest BCUT2D eigenvalue weighted by Gasteiger charge is -2.33. The van der Waals surface area contributed by atoms with Crippen LogP contribution in [0, 0.1) is 5.92 Å². The van der Waals surface area contributed by atoms with E-state index in [9.17, 15) is 4.79 Å². The Hall–Kier alpha value is -0.850. The molecule has 0 N–H and O–H groups in total. The van der Waals surface area contributed by atoms with E-state index < -0.39 is 0 Å². The first-order valence-corrected chi connectivity index (χ1v) is 9.45. The Bertz CT molecular complexity index is 439. The summed E-state index contributed by atoms with van der Waals surface area (Å²) in [5, 5.41) is 0. The first kappa shape index (κ1) is 18.0. The number of hydrogen-bond donors (Lipinski definition) is 0. The molecule has 0 aliphatic carbocycles. The highest BCUT2D eigenvalue weighted by Crippen LogP contribution is 2.33. The zero-order valence-corrected chi connectivity index (χ0v) is 15.5. The molecule has 6 nitrogen and oxygen atoms in total. The fraction of sp³-hybridized carbons (Fsp3) is 0.944. The molecule has 0 radical (unpaired) electrons. The molecule has 0 bridgehead atoms. The topological polar surface area (TPSA) is 45.3 Å². The Kier molecular flexibility index (Phi) is 5.67. The van der Waals surface area contributed by atoms with E-state index in [4.69, 9.17) is 9.47 Å². The Morgan fingerprint density at radius 3 is 2.71 bits per heavy atom. The monoisotopic (exact) mass is 339 g/mol. The van der Waals surface area contributed by atoms with Gasteiger partial charge in [-0.15, -0.1) is 0 Å². The van der Waals surface area contributed by atoms with Gasteiger partial charge in [-0.3, -0.25) is 0 Å². The molecule has 1 spiro atoms. The molecule has 3 heterocycles. The zero-order chi connectivity index (χ0) is 17.2. The van der Waals surface area contributed by atoms with Crippen molar-refractivity contribution in [3.05, 3.63) is 0 Å². The largest absolute Gasteiger partial charge is 0.377 e. The number of rotatable bonds is 3. The van der Waals surface area contributed by atoms with E-state index in [-0.39, 0.29) is 11.6 Å². The maximum Gasteiger partial charge on any atom is 0.320 e. The highest BCUT2D eigenvalue weighted by molar-refractivity contribution is 5.74. The number of likely N-dealkylation sites (tertiary alicyclic amines) is 1. The number of carbonyl (C=O) groups excluding carboxylic acids is 1. The maximum absolute atomic E-state index is 12.8. The van der Waals surface area contributed by atoms with Gasteiger partial charge in [-0.1, -0.05) is 0 Å². The van der Waals surface area contributed by atoms with Crippen LogP contribution in [0.15, 0.2) is 0 Å². The van der Waals surface area contributed by atoms with Gasteiger partial charge >= 0.3 is 6.03 Å². The molecule has 3 saturated heterocycles. The van der Waals surface area contributed by atoms with Crippen molar-refractivity contribution in [2.75, 3.05) is 59.6 Å². The van der Waals surface area contributed by atoms with Gasteiger partial charge in [0.15, 0.2) is 0 Å². The normalized spacial score (nSPS) is 31.5. The van der Waals surface area contributed by atoms with Gasteiger partial charge in [-0.2, -0.15) is 0 Å². The van der Waals surface area contributed by atoms with Crippen LogP contribution in [-0.4, -0.2) is 92.0 Å². The molecule has 0 unspecified atom stereocenters. The van der Waals surface area contributed by atoms with E-state index in [1.54, 1.807) is 0 Å². The fourth-order valence-corrected chi connectivity index (χ4v) is 4.06. The molecular weight excluding hydrogens is 306 g/mol. The van der Waals surface area contributed by atoms with Crippen molar-refractivity contribution in [1.29, 1.82) is 0 Å². The van der Waals surface area contributed by atoms with Crippen molar-refractivity contribution >= 4 is 6.03 Å². The van der Waals surface area contributed by atoms with Crippen LogP contribution in [0.25, 0.3) is 0 Å². The number of nitrogens with zero attached hydrogens (tertiary/aromatic N) is 3. The maximum atomic E-state index is 12.8. The van der Waals surface area contributed by atoms with E-state index in [1.807, 2.05) is 9.80 Å². The molecule has 3 fully saturated rings. The van der Waals surface area contributed by atoms with Gasteiger partial charge < -0.3 is 24.2 Å². The molecule has 2 atom stereocenters. The van der Waals surface area contributed by atoms with Crippen LogP contribution in [0.1, 0.15) is 33.1 Å². The van der Waals surface area contributed by atoms with Gasteiger partial charge in [0.25, 0.3) is 0 Å². The molecule has 0 aromatic carbocycles. The second kappa shape index (κ2) is 7.58. The first-order chi connectivity index (χ1) is 11.5. The van der Waals surface area contributed by atoms with Crippen LogP contribution in [0.4, 0.5) is 4.79 Å². The summed E-state index contributed by atoms with van der Waals surface area (Å²) in [5.41, 5.74) is -0.311. The SMILES string of the molecule is CC(C)N(C)C[C@H]1CO[C@@]2(COCCN(C(=O)N3CCCC3)C2)C1. The minimum Gasteiger partial charge on any atom is -0.377 e. The lowest BCUT2D eigenvalue weighted by atomic mass is 9.93. The molecule has 24 heavy (non-hydrogen) atoms. The van der Waals surface area contributed by atoms with Gasteiger partial charge in [0.05, 0.1) is 26.4 Å². The first-order valence-electron chi connectivity index (χ1n) is 9.45. The van der Waals surface area contributed by atoms with E-state index in [1.165, 1.54) is 0 Å². The van der Waals surface area contributed by atoms with E-state index in [0.29, 0.717) is 38.3 Å². The molecule has 3 aliphatic heterocycles. The van der Waals surface area contributed by atoms with Crippen LogP contribution >= 0.6 is 0 Å². The highest BCUT2D eigenvalue weighted by Gasteiger charge is 2.45. The highest BCUT2D eigenvalue weighted by atomic mass is 16.5. The van der Waals surface area contributed by atoms with E-state index in [0.717, 1.165) is 45.5 Å². The summed E-state index contributed by atoms with van der Waals surface area (Å²) in [6.45, 7) is 10.6. The number of urea groups is 1. The number of amides is 2. The van der Waals surface area contributed by atoms with Crippen LogP contribution < -0.4 is 0 Å². The van der Waals surface area contributed by atoms with Crippen molar-refractivity contribution in [2.45, 2.75) is 44.8 Å². The predicted octanol–water partition coefficient (Wildman–Crippen LogP) is 1.65. The molecule has 6 heteroatoms. The van der Waals surface area contributed by atoms with Gasteiger partial charge in [0, 0.05) is 32.2 Å². The predicted molar refractivity (Wildman–Crippen MR) is 93.2 cm³/mol. The van der Waals surface area contributed by atoms with Gasteiger partial charge in [0.2, 0.25) is 0 Å². The van der Waals surface area contributed by atoms with Crippen LogP contribution in [0.2, 0.25) is 0 Å². The van der Waals surface area contributed by atoms with Crippen LogP contribution in [-0.2, 0) is 9.47 Å². The third-order valence-electron chi connectivity index (χ3n) is 5.71. The van der Waals surface area contributed by atoms with Crippen molar-refractivity contribution in [3.8, 4) is 0 Å². The summed E-state index contributed by atoms with van der Waals surface area (Å²) in [7, 11) is 2.17. The molecular formula is C18H33N3O3. The Morgan fingerprint density at radius 2 is 2.00 bits per heavy atom. The van der Waals surface area contributed by atoms with E-state index in [2.05, 4.69) is 25.8 Å². The smallest absolute Gasteiger partial charge is 0.320 e. The molecule has 3 rings (SSSR count). The standard InChI is InChI=1S/C18H33N3O3/c1-15(2)19(3)11-16-10-18(24-12-16)13-21(8-9-23-14-18)17(22)20-6-4-5-7-20/h15-16H,4-14H2,1-3H3/t16-,18-/m0/s1. The third kappa shape index (κ3) is 4.03. The Morgan fingerprint density at radius 1 is 1.25 bits per heavy atom. The Balaban J connectivity index is 1.61. The van der Waals surface area contributed by atoms with Gasteiger partial charge in [-0.25, -0.2) is 4.79 Å². The second-order valence-corrected chi connectivity index (χ2v) is 8.05. The Labute approximate surface area is 146 Å². The lowest BCUT2D eigenvalue weighted by Crippen LogP contribution is -2.50. The zero-order valence-electron chi connectivity index (χ0n) is 15.5. The van der Waals surface area contributed by atoms with Crippen molar-refractivity contribution in [1.82, 2.24) is 14.7 Å². The quantitative estimate of drug-likeness (QED) is 0.784. The molecule has 0 aromatic rings. The van der Waals surface area contributed by atoms with Crippen molar-refractivity contribution in [3.63, 3.8) is 0 Å². The van der Waals surface area contributed by atoms with Crippen LogP contribution in [0.5, 0.6) is 0 Å². The summed E-state index contributed by atoms with van der Waals surface area (Å²) >= 11 is 0. The number of ether oxygens (including phenoxy) is 2. The summed E-state index contributed by atoms with van der Waals surface area (Å²) in [6.07, 6.45) is 3.23. The average Bonchev–Trinajstić information content (AvgIpc) is 3.15.